The Balaban J connectivity index is 2.12. The molecule has 0 aliphatic heterocycles. The highest BCUT2D eigenvalue weighted by Gasteiger charge is 2.30. The van der Waals surface area contributed by atoms with E-state index in [2.05, 4.69) is 64.5 Å². The number of benzene rings is 1. The molecule has 0 bridgehead atoms. The lowest BCUT2D eigenvalue weighted by Crippen LogP contribution is -2.51. The smallest absolute Gasteiger partial charge is 0.407 e. The molecule has 1 aromatic rings. The Hall–Kier alpha value is -1.33. The number of nitrogens with zero attached hydrogens (tertiary/aromatic N) is 1. The van der Waals surface area contributed by atoms with Crippen molar-refractivity contribution in [2.75, 3.05) is 14.1 Å². The Morgan fingerprint density at radius 2 is 2.04 bits per heavy atom. The van der Waals surface area contributed by atoms with Crippen LogP contribution in [0, 0.1) is 0 Å². The molecule has 132 valence electrons. The van der Waals surface area contributed by atoms with E-state index in [-0.39, 0.29) is 18.2 Å². The van der Waals surface area contributed by atoms with Crippen LogP contribution in [0.2, 0.25) is 0 Å². The predicted octanol–water partition coefficient (Wildman–Crippen LogP) is 4.45. The number of carbonyl (C=O) groups is 1. The maximum absolute atomic E-state index is 12.1. The van der Waals surface area contributed by atoms with Crippen LogP contribution in [0.3, 0.4) is 0 Å². The van der Waals surface area contributed by atoms with Gasteiger partial charge in [0.15, 0.2) is 0 Å². The molecule has 5 heteroatoms. The van der Waals surface area contributed by atoms with E-state index in [0.29, 0.717) is 0 Å². The van der Waals surface area contributed by atoms with Gasteiger partial charge in [-0.15, -0.1) is 0 Å². The zero-order valence-electron chi connectivity index (χ0n) is 15.1. The Morgan fingerprint density at radius 3 is 2.62 bits per heavy atom. The van der Waals surface area contributed by atoms with Crippen molar-refractivity contribution < 1.29 is 9.53 Å². The molecule has 0 saturated heterocycles. The number of hydrogen-bond donors (Lipinski definition) is 1. The van der Waals surface area contributed by atoms with Gasteiger partial charge in [-0.2, -0.15) is 0 Å². The molecule has 0 fully saturated rings. The average Bonchev–Trinajstić information content (AvgIpc) is 2.45. The third-order valence-corrected chi connectivity index (χ3v) is 4.57. The van der Waals surface area contributed by atoms with E-state index in [1.54, 1.807) is 0 Å². The van der Waals surface area contributed by atoms with Crippen LogP contribution < -0.4 is 5.32 Å². The van der Waals surface area contributed by atoms with Gasteiger partial charge in [0.2, 0.25) is 0 Å². The number of hydrogen-bond acceptors (Lipinski definition) is 3. The van der Waals surface area contributed by atoms with Crippen molar-refractivity contribution in [2.45, 2.75) is 51.3 Å². The van der Waals surface area contributed by atoms with Crippen LogP contribution in [0.15, 0.2) is 34.8 Å². The van der Waals surface area contributed by atoms with Gasteiger partial charge in [0, 0.05) is 10.5 Å². The molecule has 24 heavy (non-hydrogen) atoms. The summed E-state index contributed by atoms with van der Waals surface area (Å²) >= 11 is 3.53. The molecule has 0 radical (unpaired) electrons. The molecule has 0 saturated carbocycles. The van der Waals surface area contributed by atoms with Crippen molar-refractivity contribution >= 4 is 27.6 Å². The second-order valence-electron chi connectivity index (χ2n) is 7.46. The molecular weight excluding hydrogens is 368 g/mol. The first-order chi connectivity index (χ1) is 11.2. The average molecular weight is 395 g/mol. The van der Waals surface area contributed by atoms with E-state index >= 15 is 0 Å². The summed E-state index contributed by atoms with van der Waals surface area (Å²) in [4.78, 5) is 14.3. The van der Waals surface area contributed by atoms with Crippen LogP contribution in [0.1, 0.15) is 39.2 Å². The number of likely N-dealkylation sites (N-methyl/N-ethyl adjacent to an activating group) is 1. The molecule has 1 aliphatic rings. The van der Waals surface area contributed by atoms with Crippen LogP contribution in [0.25, 0.3) is 5.57 Å². The Kier molecular flexibility index (Phi) is 6.10. The summed E-state index contributed by atoms with van der Waals surface area (Å²) in [5.41, 5.74) is 2.06. The predicted molar refractivity (Wildman–Crippen MR) is 102 cm³/mol. The quantitative estimate of drug-likeness (QED) is 0.822. The minimum atomic E-state index is -0.482. The van der Waals surface area contributed by atoms with Crippen molar-refractivity contribution in [2.24, 2.45) is 0 Å². The summed E-state index contributed by atoms with van der Waals surface area (Å²) in [6, 6.07) is 8.63. The van der Waals surface area contributed by atoms with Gasteiger partial charge in [-0.1, -0.05) is 34.1 Å². The first kappa shape index (κ1) is 19.0. The molecule has 4 nitrogen and oxygen atoms in total. The molecule has 1 N–H and O–H groups in total. The van der Waals surface area contributed by atoms with Crippen LogP contribution in [-0.2, 0) is 4.74 Å². The molecule has 0 aromatic heterocycles. The molecule has 0 spiro atoms. The molecule has 0 unspecified atom stereocenters. The SMILES string of the molecule is CN(C)[C@H]1CC(c2cccc(Br)c2)=CC[C@@H]1NC(=O)OC(C)(C)C. The number of rotatable bonds is 3. The fraction of sp³-hybridized carbons (Fsp3) is 0.526. The molecule has 1 aromatic carbocycles. The Morgan fingerprint density at radius 1 is 1.33 bits per heavy atom. The minimum Gasteiger partial charge on any atom is -0.444 e. The van der Waals surface area contributed by atoms with Gasteiger partial charge >= 0.3 is 6.09 Å². The zero-order chi connectivity index (χ0) is 17.9. The van der Waals surface area contributed by atoms with Crippen LogP contribution in [-0.4, -0.2) is 42.8 Å². The molecule has 2 atom stereocenters. The summed E-state index contributed by atoms with van der Waals surface area (Å²) in [5.74, 6) is 0. The molecular formula is C19H27BrN2O2. The number of alkyl carbamates (subject to hydrolysis) is 1. The largest absolute Gasteiger partial charge is 0.444 e. The van der Waals surface area contributed by atoms with Gasteiger partial charge in [-0.05, 0) is 71.0 Å². The molecule has 1 amide bonds. The van der Waals surface area contributed by atoms with Crippen LogP contribution >= 0.6 is 15.9 Å². The van der Waals surface area contributed by atoms with E-state index in [0.717, 1.165) is 17.3 Å². The maximum atomic E-state index is 12.1. The van der Waals surface area contributed by atoms with Crippen molar-refractivity contribution in [3.8, 4) is 0 Å². The van der Waals surface area contributed by atoms with Gasteiger partial charge < -0.3 is 15.0 Å². The number of halogens is 1. The first-order valence-electron chi connectivity index (χ1n) is 8.26. The summed E-state index contributed by atoms with van der Waals surface area (Å²) in [7, 11) is 4.11. The summed E-state index contributed by atoms with van der Waals surface area (Å²) in [6.45, 7) is 5.63. The van der Waals surface area contributed by atoms with Crippen molar-refractivity contribution in [1.82, 2.24) is 10.2 Å². The second kappa shape index (κ2) is 7.70. The van der Waals surface area contributed by atoms with Crippen molar-refractivity contribution in [3.63, 3.8) is 0 Å². The van der Waals surface area contributed by atoms with E-state index in [9.17, 15) is 4.79 Å². The Bertz CT molecular complexity index is 620. The lowest BCUT2D eigenvalue weighted by atomic mass is 9.86. The maximum Gasteiger partial charge on any atom is 0.407 e. The number of carbonyl (C=O) groups excluding carboxylic acids is 1. The van der Waals surface area contributed by atoms with Gasteiger partial charge in [0.1, 0.15) is 5.60 Å². The highest BCUT2D eigenvalue weighted by molar-refractivity contribution is 9.10. The summed E-state index contributed by atoms with van der Waals surface area (Å²) in [6.07, 6.45) is 3.57. The van der Waals surface area contributed by atoms with Gasteiger partial charge in [0.25, 0.3) is 0 Å². The number of amides is 1. The molecule has 2 rings (SSSR count). The van der Waals surface area contributed by atoms with E-state index in [4.69, 9.17) is 4.74 Å². The van der Waals surface area contributed by atoms with Crippen molar-refractivity contribution in [1.29, 1.82) is 0 Å². The van der Waals surface area contributed by atoms with Gasteiger partial charge in [-0.25, -0.2) is 4.79 Å². The normalized spacial score (nSPS) is 21.4. The zero-order valence-corrected chi connectivity index (χ0v) is 16.7. The highest BCUT2D eigenvalue weighted by Crippen LogP contribution is 2.30. The monoisotopic (exact) mass is 394 g/mol. The van der Waals surface area contributed by atoms with E-state index in [1.165, 1.54) is 11.1 Å². The fourth-order valence-electron chi connectivity index (χ4n) is 2.96. The van der Waals surface area contributed by atoms with E-state index in [1.807, 2.05) is 26.8 Å². The second-order valence-corrected chi connectivity index (χ2v) is 8.38. The molecule has 0 heterocycles. The van der Waals surface area contributed by atoms with Gasteiger partial charge in [-0.3, -0.25) is 0 Å². The fourth-order valence-corrected chi connectivity index (χ4v) is 3.36. The lowest BCUT2D eigenvalue weighted by molar-refractivity contribution is 0.0474. The number of nitrogens with one attached hydrogen (secondary N) is 1. The third-order valence-electron chi connectivity index (χ3n) is 4.07. The first-order valence-corrected chi connectivity index (χ1v) is 9.06. The molecule has 1 aliphatic carbocycles. The minimum absolute atomic E-state index is 0.0470. The van der Waals surface area contributed by atoms with Crippen LogP contribution in [0.4, 0.5) is 4.79 Å². The highest BCUT2D eigenvalue weighted by atomic mass is 79.9. The standard InChI is InChI=1S/C19H27BrN2O2/c1-19(2,3)24-18(23)21-16-10-9-14(12-17(16)22(4)5)13-7-6-8-15(20)11-13/h6-9,11,16-17H,10,12H2,1-5H3,(H,21,23)/t16-,17-/m0/s1. The lowest BCUT2D eigenvalue weighted by Gasteiger charge is -2.36. The van der Waals surface area contributed by atoms with Crippen molar-refractivity contribution in [3.05, 3.63) is 40.4 Å². The summed E-state index contributed by atoms with van der Waals surface area (Å²) in [5, 5.41) is 3.03. The van der Waals surface area contributed by atoms with Crippen LogP contribution in [0.5, 0.6) is 0 Å². The Labute approximate surface area is 153 Å². The third kappa shape index (κ3) is 5.35. The van der Waals surface area contributed by atoms with E-state index < -0.39 is 5.60 Å². The topological polar surface area (TPSA) is 41.6 Å². The number of ether oxygens (including phenoxy) is 1. The summed E-state index contributed by atoms with van der Waals surface area (Å²) < 4.78 is 6.48. The van der Waals surface area contributed by atoms with Gasteiger partial charge in [0.05, 0.1) is 6.04 Å².